The van der Waals surface area contributed by atoms with Crippen LogP contribution in [0.3, 0.4) is 0 Å². The SMILES string of the molecule is O=C(Nc1cccc(C(=O)N2CCN(CC(F)(F)F)CC2)c1)NC1CC1. The number of carbonyl (C=O) groups excluding carboxylic acids is 2. The number of amides is 3. The van der Waals surface area contributed by atoms with Crippen molar-refractivity contribution in [2.75, 3.05) is 38.0 Å². The highest BCUT2D eigenvalue weighted by molar-refractivity contribution is 5.97. The maximum absolute atomic E-state index is 12.6. The Balaban J connectivity index is 1.54. The minimum Gasteiger partial charge on any atom is -0.336 e. The van der Waals surface area contributed by atoms with Crippen molar-refractivity contribution >= 4 is 17.6 Å². The summed E-state index contributed by atoms with van der Waals surface area (Å²) in [5, 5.41) is 5.49. The molecule has 2 aliphatic rings. The lowest BCUT2D eigenvalue weighted by atomic mass is 10.1. The first-order valence-electron chi connectivity index (χ1n) is 8.56. The van der Waals surface area contributed by atoms with Crippen LogP contribution in [0.15, 0.2) is 24.3 Å². The maximum Gasteiger partial charge on any atom is 0.401 e. The monoisotopic (exact) mass is 370 g/mol. The summed E-state index contributed by atoms with van der Waals surface area (Å²) < 4.78 is 37.3. The molecule has 26 heavy (non-hydrogen) atoms. The maximum atomic E-state index is 12.6. The highest BCUT2D eigenvalue weighted by atomic mass is 19.4. The molecule has 2 N–H and O–H groups in total. The normalized spacial score (nSPS) is 18.5. The summed E-state index contributed by atoms with van der Waals surface area (Å²) in [5.41, 5.74) is 0.906. The third kappa shape index (κ3) is 5.35. The van der Waals surface area contributed by atoms with Crippen LogP contribution in [0.25, 0.3) is 0 Å². The lowest BCUT2D eigenvalue weighted by Crippen LogP contribution is -2.50. The van der Waals surface area contributed by atoms with E-state index >= 15 is 0 Å². The number of hydrogen-bond donors (Lipinski definition) is 2. The van der Waals surface area contributed by atoms with Crippen LogP contribution in [0.2, 0.25) is 0 Å². The van der Waals surface area contributed by atoms with E-state index in [1.807, 2.05) is 0 Å². The molecule has 1 saturated carbocycles. The fourth-order valence-corrected chi connectivity index (χ4v) is 2.86. The van der Waals surface area contributed by atoms with E-state index in [1.165, 1.54) is 9.80 Å². The van der Waals surface area contributed by atoms with E-state index in [1.54, 1.807) is 24.3 Å². The predicted molar refractivity (Wildman–Crippen MR) is 90.0 cm³/mol. The number of carbonyl (C=O) groups is 2. The largest absolute Gasteiger partial charge is 0.401 e. The molecule has 0 bridgehead atoms. The highest BCUT2D eigenvalue weighted by Crippen LogP contribution is 2.20. The van der Waals surface area contributed by atoms with E-state index in [2.05, 4.69) is 10.6 Å². The molecule has 1 heterocycles. The first kappa shape index (κ1) is 18.5. The molecule has 2 fully saturated rings. The van der Waals surface area contributed by atoms with Crippen molar-refractivity contribution in [2.45, 2.75) is 25.1 Å². The summed E-state index contributed by atoms with van der Waals surface area (Å²) in [4.78, 5) is 27.2. The zero-order valence-corrected chi connectivity index (χ0v) is 14.2. The Bertz CT molecular complexity index is 668. The average molecular weight is 370 g/mol. The molecule has 0 spiro atoms. The molecular formula is C17H21F3N4O2. The fraction of sp³-hybridized carbons (Fsp3) is 0.529. The van der Waals surface area contributed by atoms with Crippen molar-refractivity contribution in [1.29, 1.82) is 0 Å². The Morgan fingerprint density at radius 1 is 1.12 bits per heavy atom. The molecular weight excluding hydrogens is 349 g/mol. The molecule has 6 nitrogen and oxygen atoms in total. The predicted octanol–water partition coefficient (Wildman–Crippen LogP) is 2.29. The zero-order chi connectivity index (χ0) is 18.7. The molecule has 1 aliphatic carbocycles. The number of piperazine rings is 1. The highest BCUT2D eigenvalue weighted by Gasteiger charge is 2.33. The van der Waals surface area contributed by atoms with Crippen LogP contribution in [0.5, 0.6) is 0 Å². The van der Waals surface area contributed by atoms with Gasteiger partial charge in [-0.15, -0.1) is 0 Å². The molecule has 142 valence electrons. The first-order chi connectivity index (χ1) is 12.3. The number of nitrogens with zero attached hydrogens (tertiary/aromatic N) is 2. The number of alkyl halides is 3. The molecule has 0 aromatic heterocycles. The van der Waals surface area contributed by atoms with Gasteiger partial charge in [-0.3, -0.25) is 9.69 Å². The van der Waals surface area contributed by atoms with Gasteiger partial charge in [0.2, 0.25) is 0 Å². The van der Waals surface area contributed by atoms with Gasteiger partial charge in [0.25, 0.3) is 5.91 Å². The van der Waals surface area contributed by atoms with Crippen LogP contribution in [-0.4, -0.2) is 66.7 Å². The van der Waals surface area contributed by atoms with Crippen molar-refractivity contribution in [2.24, 2.45) is 0 Å². The summed E-state index contributed by atoms with van der Waals surface area (Å²) in [6, 6.07) is 6.49. The molecule has 1 aromatic rings. The molecule has 3 rings (SSSR count). The van der Waals surface area contributed by atoms with Gasteiger partial charge < -0.3 is 15.5 Å². The van der Waals surface area contributed by atoms with Crippen molar-refractivity contribution in [3.05, 3.63) is 29.8 Å². The number of halogens is 3. The van der Waals surface area contributed by atoms with Crippen molar-refractivity contribution < 1.29 is 22.8 Å². The molecule has 3 amide bonds. The van der Waals surface area contributed by atoms with Crippen molar-refractivity contribution in [1.82, 2.24) is 15.1 Å². The smallest absolute Gasteiger partial charge is 0.336 e. The van der Waals surface area contributed by atoms with Crippen LogP contribution in [0, 0.1) is 0 Å². The Kier molecular flexibility index (Phi) is 5.36. The summed E-state index contributed by atoms with van der Waals surface area (Å²) in [5.74, 6) is -0.247. The second kappa shape index (κ2) is 7.53. The standard InChI is InChI=1S/C17H21F3N4O2/c18-17(19,20)11-23-6-8-24(9-7-23)15(25)12-2-1-3-14(10-12)22-16(26)21-13-4-5-13/h1-3,10,13H,4-9,11H2,(H2,21,22,26). The van der Waals surface area contributed by atoms with Crippen LogP contribution >= 0.6 is 0 Å². The summed E-state index contributed by atoms with van der Waals surface area (Å²) in [6.07, 6.45) is -2.27. The van der Waals surface area contributed by atoms with E-state index in [9.17, 15) is 22.8 Å². The van der Waals surface area contributed by atoms with Gasteiger partial charge in [0.15, 0.2) is 0 Å². The molecule has 0 radical (unpaired) electrons. The van der Waals surface area contributed by atoms with Gasteiger partial charge in [-0.25, -0.2) is 4.79 Å². The fourth-order valence-electron chi connectivity index (χ4n) is 2.86. The second-order valence-electron chi connectivity index (χ2n) is 6.64. The van der Waals surface area contributed by atoms with E-state index in [-0.39, 0.29) is 44.2 Å². The number of urea groups is 1. The Morgan fingerprint density at radius 2 is 1.81 bits per heavy atom. The number of rotatable bonds is 4. The van der Waals surface area contributed by atoms with E-state index in [0.717, 1.165) is 12.8 Å². The van der Waals surface area contributed by atoms with Gasteiger partial charge in [0.1, 0.15) is 0 Å². The number of nitrogens with one attached hydrogen (secondary N) is 2. The average Bonchev–Trinajstić information content (AvgIpc) is 3.37. The van der Waals surface area contributed by atoms with Crippen LogP contribution < -0.4 is 10.6 Å². The summed E-state index contributed by atoms with van der Waals surface area (Å²) >= 11 is 0. The molecule has 1 aliphatic heterocycles. The third-order valence-electron chi connectivity index (χ3n) is 4.34. The molecule has 0 unspecified atom stereocenters. The van der Waals surface area contributed by atoms with E-state index in [0.29, 0.717) is 11.3 Å². The second-order valence-corrected chi connectivity index (χ2v) is 6.64. The molecule has 9 heteroatoms. The Labute approximate surface area is 149 Å². The number of benzene rings is 1. The quantitative estimate of drug-likeness (QED) is 0.855. The minimum atomic E-state index is -4.23. The van der Waals surface area contributed by atoms with Gasteiger partial charge in [-0.05, 0) is 31.0 Å². The number of anilines is 1. The molecule has 1 saturated heterocycles. The van der Waals surface area contributed by atoms with E-state index < -0.39 is 12.7 Å². The summed E-state index contributed by atoms with van der Waals surface area (Å²) in [7, 11) is 0. The van der Waals surface area contributed by atoms with E-state index in [4.69, 9.17) is 0 Å². The zero-order valence-electron chi connectivity index (χ0n) is 14.2. The third-order valence-corrected chi connectivity index (χ3v) is 4.34. The van der Waals surface area contributed by atoms with Crippen molar-refractivity contribution in [3.63, 3.8) is 0 Å². The van der Waals surface area contributed by atoms with Crippen LogP contribution in [0.4, 0.5) is 23.7 Å². The van der Waals surface area contributed by atoms with Crippen LogP contribution in [0.1, 0.15) is 23.2 Å². The van der Waals surface area contributed by atoms with Gasteiger partial charge in [0.05, 0.1) is 6.54 Å². The first-order valence-corrected chi connectivity index (χ1v) is 8.56. The minimum absolute atomic E-state index is 0.187. The lowest BCUT2D eigenvalue weighted by molar-refractivity contribution is -0.148. The topological polar surface area (TPSA) is 64.7 Å². The van der Waals surface area contributed by atoms with Gasteiger partial charge in [-0.2, -0.15) is 13.2 Å². The van der Waals surface area contributed by atoms with Gasteiger partial charge in [-0.1, -0.05) is 6.07 Å². The molecule has 0 atom stereocenters. The van der Waals surface area contributed by atoms with Gasteiger partial charge >= 0.3 is 12.2 Å². The van der Waals surface area contributed by atoms with Crippen LogP contribution in [-0.2, 0) is 0 Å². The Hall–Kier alpha value is -2.29. The Morgan fingerprint density at radius 3 is 2.42 bits per heavy atom. The van der Waals surface area contributed by atoms with Gasteiger partial charge in [0, 0.05) is 43.5 Å². The lowest BCUT2D eigenvalue weighted by Gasteiger charge is -2.35. The van der Waals surface area contributed by atoms with Crippen molar-refractivity contribution in [3.8, 4) is 0 Å². The summed E-state index contributed by atoms with van der Waals surface area (Å²) in [6.45, 7) is -0.0893. The number of hydrogen-bond acceptors (Lipinski definition) is 3. The molecule has 1 aromatic carbocycles.